The minimum atomic E-state index is -4.48. The standard InChI is InChI=1S/C37H34F4N2O5S/c1-36(2,3)28-13-10-25(11-14-28)30(20-23-4-6-26(7-5-23)35(44)42-18-19-49(45,46)47)33-22-34(48-43-33)31-21-27(12-17-32(31)38)24-8-15-29(16-9-24)37(39,40)41/h4-17,21-22,30H,18-20H2,1-3H3,(H,42,44)(H,45,46,47). The molecule has 1 amide bonds. The Balaban J connectivity index is 1.44. The van der Waals surface area contributed by atoms with E-state index in [1.165, 1.54) is 30.3 Å². The number of amides is 1. The van der Waals surface area contributed by atoms with E-state index in [1.807, 2.05) is 24.3 Å². The first-order valence-corrected chi connectivity index (χ1v) is 17.0. The second-order valence-electron chi connectivity index (χ2n) is 12.8. The van der Waals surface area contributed by atoms with Gasteiger partial charge in [0.25, 0.3) is 16.0 Å². The summed E-state index contributed by atoms with van der Waals surface area (Å²) in [6.45, 7) is 6.08. The summed E-state index contributed by atoms with van der Waals surface area (Å²) in [5.74, 6) is -1.88. The van der Waals surface area contributed by atoms with Gasteiger partial charge in [0, 0.05) is 24.1 Å². The maximum absolute atomic E-state index is 15.2. The van der Waals surface area contributed by atoms with Crippen molar-refractivity contribution in [3.05, 3.63) is 136 Å². The Bertz CT molecular complexity index is 2030. The van der Waals surface area contributed by atoms with Crippen molar-refractivity contribution in [1.29, 1.82) is 0 Å². The molecule has 1 heterocycles. The minimum Gasteiger partial charge on any atom is -0.356 e. The van der Waals surface area contributed by atoms with Crippen molar-refractivity contribution < 1.29 is 39.8 Å². The summed E-state index contributed by atoms with van der Waals surface area (Å²) in [6.07, 6.45) is -4.05. The zero-order valence-corrected chi connectivity index (χ0v) is 27.7. The maximum Gasteiger partial charge on any atom is 0.416 e. The van der Waals surface area contributed by atoms with Crippen LogP contribution in [0.25, 0.3) is 22.5 Å². The van der Waals surface area contributed by atoms with Gasteiger partial charge in [-0.2, -0.15) is 21.6 Å². The lowest BCUT2D eigenvalue weighted by molar-refractivity contribution is -0.137. The molecule has 0 radical (unpaired) electrons. The molecule has 0 aliphatic carbocycles. The normalized spacial score (nSPS) is 12.9. The van der Waals surface area contributed by atoms with Crippen LogP contribution in [0.3, 0.4) is 0 Å². The Morgan fingerprint density at radius 2 is 1.47 bits per heavy atom. The molecule has 49 heavy (non-hydrogen) atoms. The van der Waals surface area contributed by atoms with Gasteiger partial charge in [-0.25, -0.2) is 4.39 Å². The quantitative estimate of drug-likeness (QED) is 0.112. The number of hydrogen-bond donors (Lipinski definition) is 2. The molecule has 0 spiro atoms. The number of carbonyl (C=O) groups excluding carboxylic acids is 1. The lowest BCUT2D eigenvalue weighted by Crippen LogP contribution is -2.28. The number of aromatic nitrogens is 1. The fourth-order valence-electron chi connectivity index (χ4n) is 5.36. The molecule has 1 atom stereocenters. The van der Waals surface area contributed by atoms with Gasteiger partial charge in [-0.3, -0.25) is 9.35 Å². The van der Waals surface area contributed by atoms with Gasteiger partial charge in [0.05, 0.1) is 22.6 Å². The summed E-state index contributed by atoms with van der Waals surface area (Å²) in [7, 11) is -4.21. The zero-order valence-electron chi connectivity index (χ0n) is 26.9. The molecule has 256 valence electrons. The van der Waals surface area contributed by atoms with E-state index in [2.05, 4.69) is 31.2 Å². The molecule has 1 unspecified atom stereocenters. The van der Waals surface area contributed by atoms with Crippen LogP contribution in [0.15, 0.2) is 102 Å². The summed E-state index contributed by atoms with van der Waals surface area (Å²) in [5.41, 5.74) is 3.92. The van der Waals surface area contributed by atoms with Gasteiger partial charge in [-0.05, 0) is 76.1 Å². The number of nitrogens with one attached hydrogen (secondary N) is 1. The number of benzene rings is 4. The zero-order chi connectivity index (χ0) is 35.6. The van der Waals surface area contributed by atoms with E-state index < -0.39 is 39.3 Å². The predicted molar refractivity (Wildman–Crippen MR) is 178 cm³/mol. The molecular weight excluding hydrogens is 660 g/mol. The van der Waals surface area contributed by atoms with Crippen LogP contribution in [0.4, 0.5) is 17.6 Å². The molecule has 0 aliphatic rings. The Kier molecular flexibility index (Phi) is 10.1. The molecule has 0 saturated carbocycles. The van der Waals surface area contributed by atoms with Crippen molar-refractivity contribution in [3.8, 4) is 22.5 Å². The number of hydrogen-bond acceptors (Lipinski definition) is 5. The maximum atomic E-state index is 15.2. The van der Waals surface area contributed by atoms with E-state index >= 15 is 4.39 Å². The highest BCUT2D eigenvalue weighted by Crippen LogP contribution is 2.36. The molecular formula is C37H34F4N2O5S. The molecule has 0 aliphatic heterocycles. The van der Waals surface area contributed by atoms with Crippen LogP contribution in [0.1, 0.15) is 65.0 Å². The second kappa shape index (κ2) is 14.0. The lowest BCUT2D eigenvalue weighted by Gasteiger charge is -2.21. The van der Waals surface area contributed by atoms with Crippen molar-refractivity contribution in [2.75, 3.05) is 12.3 Å². The first-order chi connectivity index (χ1) is 23.0. The van der Waals surface area contributed by atoms with Crippen molar-refractivity contribution in [2.45, 2.75) is 44.7 Å². The predicted octanol–water partition coefficient (Wildman–Crippen LogP) is 8.46. The second-order valence-corrected chi connectivity index (χ2v) is 14.3. The molecule has 5 aromatic rings. The van der Waals surface area contributed by atoms with Gasteiger partial charge < -0.3 is 9.84 Å². The Labute approximate surface area is 281 Å². The van der Waals surface area contributed by atoms with Crippen molar-refractivity contribution in [1.82, 2.24) is 10.5 Å². The Hall–Kier alpha value is -4.81. The van der Waals surface area contributed by atoms with Gasteiger partial charge in [-0.15, -0.1) is 0 Å². The molecule has 0 saturated heterocycles. The molecule has 12 heteroatoms. The van der Waals surface area contributed by atoms with Crippen molar-refractivity contribution >= 4 is 16.0 Å². The van der Waals surface area contributed by atoms with Crippen LogP contribution in [-0.2, 0) is 28.1 Å². The highest BCUT2D eigenvalue weighted by atomic mass is 32.2. The number of rotatable bonds is 10. The van der Waals surface area contributed by atoms with E-state index in [0.717, 1.165) is 28.8 Å². The number of alkyl halides is 3. The molecule has 0 bridgehead atoms. The fraction of sp³-hybridized carbons (Fsp3) is 0.243. The monoisotopic (exact) mass is 694 g/mol. The van der Waals surface area contributed by atoms with Crippen LogP contribution in [0.5, 0.6) is 0 Å². The third-order valence-corrected chi connectivity index (χ3v) is 8.86. The summed E-state index contributed by atoms with van der Waals surface area (Å²) >= 11 is 0. The van der Waals surface area contributed by atoms with Crippen LogP contribution in [0, 0.1) is 5.82 Å². The molecule has 0 fully saturated rings. The molecule has 4 aromatic carbocycles. The third kappa shape index (κ3) is 9.01. The summed E-state index contributed by atoms with van der Waals surface area (Å²) in [5, 5.41) is 6.77. The van der Waals surface area contributed by atoms with E-state index in [0.29, 0.717) is 28.8 Å². The lowest BCUT2D eigenvalue weighted by atomic mass is 9.83. The first-order valence-electron chi connectivity index (χ1n) is 15.3. The van der Waals surface area contributed by atoms with E-state index in [9.17, 15) is 26.4 Å². The minimum absolute atomic E-state index is 0.0809. The Morgan fingerprint density at radius 3 is 2.06 bits per heavy atom. The Morgan fingerprint density at radius 1 is 0.857 bits per heavy atom. The van der Waals surface area contributed by atoms with E-state index in [1.54, 1.807) is 30.3 Å². The summed E-state index contributed by atoms with van der Waals surface area (Å²) in [4.78, 5) is 12.5. The molecule has 1 aromatic heterocycles. The number of halogens is 4. The molecule has 5 rings (SSSR count). The third-order valence-electron chi connectivity index (χ3n) is 8.14. The number of carbonyl (C=O) groups is 1. The van der Waals surface area contributed by atoms with E-state index in [-0.39, 0.29) is 29.2 Å². The average molecular weight is 695 g/mol. The van der Waals surface area contributed by atoms with Crippen LogP contribution >= 0.6 is 0 Å². The first kappa shape index (κ1) is 35.5. The molecule has 2 N–H and O–H groups in total. The van der Waals surface area contributed by atoms with Gasteiger partial charge in [0.2, 0.25) is 0 Å². The highest BCUT2D eigenvalue weighted by molar-refractivity contribution is 7.85. The van der Waals surface area contributed by atoms with Crippen molar-refractivity contribution in [2.24, 2.45) is 0 Å². The van der Waals surface area contributed by atoms with Crippen LogP contribution in [0.2, 0.25) is 0 Å². The topological polar surface area (TPSA) is 110 Å². The van der Waals surface area contributed by atoms with Gasteiger partial charge >= 0.3 is 6.18 Å². The summed E-state index contributed by atoms with van der Waals surface area (Å²) in [6, 6.07) is 25.3. The van der Waals surface area contributed by atoms with Gasteiger partial charge in [0.15, 0.2) is 5.76 Å². The average Bonchev–Trinajstić information content (AvgIpc) is 3.52. The van der Waals surface area contributed by atoms with Gasteiger partial charge in [0.1, 0.15) is 5.82 Å². The van der Waals surface area contributed by atoms with Gasteiger partial charge in [-0.1, -0.05) is 80.5 Å². The smallest absolute Gasteiger partial charge is 0.356 e. The fourth-order valence-corrected chi connectivity index (χ4v) is 5.72. The summed E-state index contributed by atoms with van der Waals surface area (Å²) < 4.78 is 90.8. The SMILES string of the molecule is CC(C)(C)c1ccc(C(Cc2ccc(C(=O)NCCS(=O)(=O)O)cc2)c2cc(-c3cc(-c4ccc(C(F)(F)F)cc4)ccc3F)on2)cc1. The van der Waals surface area contributed by atoms with Crippen molar-refractivity contribution in [3.63, 3.8) is 0 Å². The van der Waals surface area contributed by atoms with Crippen LogP contribution in [-0.4, -0.2) is 36.3 Å². The molecule has 7 nitrogen and oxygen atoms in total. The highest BCUT2D eigenvalue weighted by Gasteiger charge is 2.30. The van der Waals surface area contributed by atoms with E-state index in [4.69, 9.17) is 9.08 Å². The largest absolute Gasteiger partial charge is 0.416 e. The van der Waals surface area contributed by atoms with Crippen LogP contribution < -0.4 is 5.32 Å². The number of nitrogens with zero attached hydrogens (tertiary/aromatic N) is 1.